The van der Waals surface area contributed by atoms with Crippen molar-refractivity contribution in [3.05, 3.63) is 44.8 Å². The molecule has 156 valence electrons. The van der Waals surface area contributed by atoms with Crippen molar-refractivity contribution in [3.63, 3.8) is 0 Å². The highest BCUT2D eigenvalue weighted by Gasteiger charge is 2.63. The van der Waals surface area contributed by atoms with Gasteiger partial charge < -0.3 is 0 Å². The van der Waals surface area contributed by atoms with Gasteiger partial charge in [0.25, 0.3) is 0 Å². The van der Waals surface area contributed by atoms with Gasteiger partial charge >= 0.3 is 0 Å². The van der Waals surface area contributed by atoms with Crippen LogP contribution in [0.1, 0.15) is 48.3 Å². The molecule has 30 heavy (non-hydrogen) atoms. The third-order valence-electron chi connectivity index (χ3n) is 6.83. The van der Waals surface area contributed by atoms with Gasteiger partial charge in [-0.3, -0.25) is 9.59 Å². The fourth-order valence-corrected chi connectivity index (χ4v) is 7.24. The van der Waals surface area contributed by atoms with Gasteiger partial charge in [0.1, 0.15) is 0 Å². The van der Waals surface area contributed by atoms with Crippen molar-refractivity contribution in [3.8, 4) is 0 Å². The van der Waals surface area contributed by atoms with Gasteiger partial charge in [0.2, 0.25) is 11.8 Å². The minimum Gasteiger partial charge on any atom is -0.273 e. The van der Waals surface area contributed by atoms with E-state index in [1.54, 1.807) is 35.1 Å². The molecule has 2 aromatic heterocycles. The summed E-state index contributed by atoms with van der Waals surface area (Å²) in [5.74, 6) is 0.767. The number of carbonyl (C=O) groups excluding carboxylic acids is 2. The second-order valence-electron chi connectivity index (χ2n) is 8.95. The number of nitrogens with one attached hydrogen (secondary N) is 2. The Morgan fingerprint density at radius 3 is 1.73 bits per heavy atom. The quantitative estimate of drug-likeness (QED) is 0.526. The van der Waals surface area contributed by atoms with Crippen molar-refractivity contribution in [1.82, 2.24) is 10.9 Å². The number of hydrogen-bond acceptors (Lipinski definition) is 6. The second-order valence-corrected chi connectivity index (χ2v) is 10.9. The minimum atomic E-state index is -0.494. The Hall–Kier alpha value is -2.32. The van der Waals surface area contributed by atoms with Crippen LogP contribution in [0.25, 0.3) is 0 Å². The number of amides is 2. The number of hydrogen-bond donors (Lipinski definition) is 2. The third kappa shape index (κ3) is 3.63. The average molecular weight is 441 g/mol. The zero-order valence-electron chi connectivity index (χ0n) is 16.5. The van der Waals surface area contributed by atoms with Gasteiger partial charge in [-0.05, 0) is 73.3 Å². The van der Waals surface area contributed by atoms with Gasteiger partial charge in [0.15, 0.2) is 0 Å². The summed E-state index contributed by atoms with van der Waals surface area (Å²) in [6.45, 7) is 0. The fraction of sp³-hybridized carbons (Fsp3) is 0.455. The van der Waals surface area contributed by atoms with Crippen molar-refractivity contribution < 1.29 is 9.59 Å². The maximum absolute atomic E-state index is 13.2. The second kappa shape index (κ2) is 7.74. The van der Waals surface area contributed by atoms with Crippen LogP contribution in [0.15, 0.2) is 45.2 Å². The summed E-state index contributed by atoms with van der Waals surface area (Å²) in [6.07, 6.45) is 8.52. The van der Waals surface area contributed by atoms with Crippen LogP contribution >= 0.6 is 22.7 Å². The molecule has 2 N–H and O–H groups in total. The maximum Gasteiger partial charge on any atom is 0.246 e. The Kier molecular flexibility index (Phi) is 5.06. The Morgan fingerprint density at radius 2 is 1.33 bits per heavy atom. The van der Waals surface area contributed by atoms with E-state index in [0.29, 0.717) is 18.3 Å². The van der Waals surface area contributed by atoms with Crippen LogP contribution < -0.4 is 10.9 Å². The van der Waals surface area contributed by atoms with E-state index in [1.165, 1.54) is 0 Å². The normalized spacial score (nSPS) is 32.1. The van der Waals surface area contributed by atoms with Crippen molar-refractivity contribution in [2.45, 2.75) is 38.5 Å². The molecule has 0 saturated heterocycles. The Morgan fingerprint density at radius 1 is 0.867 bits per heavy atom. The molecule has 2 heterocycles. The molecule has 2 unspecified atom stereocenters. The maximum atomic E-state index is 13.2. The van der Waals surface area contributed by atoms with Crippen LogP contribution in [-0.2, 0) is 9.59 Å². The van der Waals surface area contributed by atoms with Crippen molar-refractivity contribution in [2.24, 2.45) is 32.9 Å². The van der Waals surface area contributed by atoms with E-state index in [0.717, 1.165) is 41.9 Å². The molecule has 4 fully saturated rings. The lowest BCUT2D eigenvalue weighted by Crippen LogP contribution is -2.60. The number of rotatable bonds is 6. The molecule has 4 aliphatic rings. The van der Waals surface area contributed by atoms with Crippen LogP contribution in [-0.4, -0.2) is 24.2 Å². The highest BCUT2D eigenvalue weighted by molar-refractivity contribution is 7.12. The molecule has 4 aliphatic carbocycles. The molecular formula is C22H24N4O2S2. The molecule has 0 radical (unpaired) electrons. The molecule has 0 spiro atoms. The Balaban J connectivity index is 1.30. The average Bonchev–Trinajstić information content (AvgIpc) is 3.41. The van der Waals surface area contributed by atoms with Gasteiger partial charge in [-0.2, -0.15) is 10.2 Å². The first kappa shape index (κ1) is 19.6. The van der Waals surface area contributed by atoms with Gasteiger partial charge in [-0.25, -0.2) is 10.9 Å². The van der Waals surface area contributed by atoms with E-state index >= 15 is 0 Å². The van der Waals surface area contributed by atoms with Crippen molar-refractivity contribution in [1.29, 1.82) is 0 Å². The summed E-state index contributed by atoms with van der Waals surface area (Å²) < 4.78 is 0. The molecule has 8 heteroatoms. The fourth-order valence-electron chi connectivity index (χ4n) is 6.07. The predicted octanol–water partition coefficient (Wildman–Crippen LogP) is 4.00. The number of thiophene rings is 2. The zero-order chi connectivity index (χ0) is 20.6. The molecule has 4 bridgehead atoms. The number of hydrazone groups is 2. The first-order valence-corrected chi connectivity index (χ1v) is 12.1. The highest BCUT2D eigenvalue weighted by atomic mass is 32.1. The van der Waals surface area contributed by atoms with E-state index in [4.69, 9.17) is 0 Å². The lowest BCUT2D eigenvalue weighted by molar-refractivity contribution is -0.167. The molecule has 6 nitrogen and oxygen atoms in total. The third-order valence-corrected chi connectivity index (χ3v) is 8.44. The van der Waals surface area contributed by atoms with Crippen LogP contribution in [0, 0.1) is 22.7 Å². The lowest BCUT2D eigenvalue weighted by atomic mass is 9.43. The van der Waals surface area contributed by atoms with Crippen LogP contribution in [0.2, 0.25) is 0 Å². The van der Waals surface area contributed by atoms with Crippen molar-refractivity contribution in [2.75, 3.05) is 0 Å². The SMILES string of the molecule is O=C(N/N=C\c1cccs1)C12CC3CC(C1)CC(C(=O)N/N=C/c1cccs1)(C3)C2. The van der Waals surface area contributed by atoms with Crippen LogP contribution in [0.4, 0.5) is 0 Å². The van der Waals surface area contributed by atoms with Gasteiger partial charge in [0, 0.05) is 9.75 Å². The smallest absolute Gasteiger partial charge is 0.246 e. The molecule has 4 saturated carbocycles. The first-order valence-electron chi connectivity index (χ1n) is 10.3. The van der Waals surface area contributed by atoms with Crippen molar-refractivity contribution >= 4 is 46.9 Å². The molecule has 6 rings (SSSR count). The molecular weight excluding hydrogens is 416 g/mol. The zero-order valence-corrected chi connectivity index (χ0v) is 18.2. The molecule has 0 aromatic carbocycles. The number of nitrogens with zero attached hydrogens (tertiary/aromatic N) is 2. The largest absolute Gasteiger partial charge is 0.273 e. The Bertz CT molecular complexity index is 891. The summed E-state index contributed by atoms with van der Waals surface area (Å²) in [7, 11) is 0. The van der Waals surface area contributed by atoms with Gasteiger partial charge in [0.05, 0.1) is 23.3 Å². The van der Waals surface area contributed by atoms with E-state index < -0.39 is 10.8 Å². The summed E-state index contributed by atoms with van der Waals surface area (Å²) in [6, 6.07) is 7.83. The van der Waals surface area contributed by atoms with Gasteiger partial charge in [-0.1, -0.05) is 12.1 Å². The van der Waals surface area contributed by atoms with E-state index in [1.807, 2.05) is 35.0 Å². The van der Waals surface area contributed by atoms with E-state index in [2.05, 4.69) is 21.1 Å². The van der Waals surface area contributed by atoms with E-state index in [-0.39, 0.29) is 11.8 Å². The standard InChI is InChI=1S/C22H24N4O2S2/c27-19(25-23-12-17-3-1-5-29-17)21-8-15-7-16(9-21)11-22(10-15,14-21)20(28)26-24-13-18-4-2-6-30-18/h1-6,12-13,15-16H,7-11,14H2,(H,25,27)(H,26,28)/b23-12-,24-13+. The number of carbonyl (C=O) groups is 2. The molecule has 2 atom stereocenters. The first-order chi connectivity index (χ1) is 14.6. The monoisotopic (exact) mass is 440 g/mol. The predicted molar refractivity (Wildman–Crippen MR) is 120 cm³/mol. The lowest BCUT2D eigenvalue weighted by Gasteiger charge is -2.60. The van der Waals surface area contributed by atoms with E-state index in [9.17, 15) is 9.59 Å². The topological polar surface area (TPSA) is 82.9 Å². The highest BCUT2D eigenvalue weighted by Crippen LogP contribution is 2.65. The summed E-state index contributed by atoms with van der Waals surface area (Å²) in [5, 5.41) is 12.3. The molecule has 2 aromatic rings. The Labute approximate surface area is 183 Å². The summed E-state index contributed by atoms with van der Waals surface area (Å²) in [4.78, 5) is 28.4. The van der Waals surface area contributed by atoms with Crippen LogP contribution in [0.3, 0.4) is 0 Å². The van der Waals surface area contributed by atoms with Crippen LogP contribution in [0.5, 0.6) is 0 Å². The summed E-state index contributed by atoms with van der Waals surface area (Å²) >= 11 is 3.16. The minimum absolute atomic E-state index is 0.0383. The molecule has 2 amide bonds. The molecule has 0 aliphatic heterocycles. The van der Waals surface area contributed by atoms with Gasteiger partial charge in [-0.15, -0.1) is 22.7 Å². The summed E-state index contributed by atoms with van der Waals surface area (Å²) in [5.41, 5.74) is 4.56.